The Morgan fingerprint density at radius 1 is 1.19 bits per heavy atom. The summed E-state index contributed by atoms with van der Waals surface area (Å²) in [5.74, 6) is 0.659. The van der Waals surface area contributed by atoms with Gasteiger partial charge in [-0.1, -0.05) is 30.3 Å². The Balaban J connectivity index is 0.00000341. The number of hydrogen-bond donors (Lipinski definition) is 2. The molecule has 10 heteroatoms. The Bertz CT molecular complexity index is 824. The van der Waals surface area contributed by atoms with Gasteiger partial charge < -0.3 is 15.4 Å². The number of nitrogens with zero attached hydrogens (tertiary/aromatic N) is 2. The van der Waals surface area contributed by atoms with Gasteiger partial charge in [-0.25, -0.2) is 4.98 Å². The third-order valence-corrected chi connectivity index (χ3v) is 6.10. The minimum Gasteiger partial charge on any atom is -0.381 e. The monoisotopic (exact) mass is 568 g/mol. The van der Waals surface area contributed by atoms with Crippen LogP contribution in [0.15, 0.2) is 40.7 Å². The van der Waals surface area contributed by atoms with Crippen LogP contribution in [0.25, 0.3) is 0 Å². The lowest BCUT2D eigenvalue weighted by Crippen LogP contribution is -2.41. The molecule has 0 aliphatic carbocycles. The van der Waals surface area contributed by atoms with Crippen LogP contribution in [0, 0.1) is 0 Å². The maximum absolute atomic E-state index is 12.7. The highest BCUT2D eigenvalue weighted by Crippen LogP contribution is 2.35. The predicted molar refractivity (Wildman–Crippen MR) is 128 cm³/mol. The molecule has 0 atom stereocenters. The van der Waals surface area contributed by atoms with E-state index < -0.39 is 11.9 Å². The number of aliphatic imine (C=N–C) groups is 1. The van der Waals surface area contributed by atoms with Gasteiger partial charge in [-0.15, -0.1) is 35.3 Å². The van der Waals surface area contributed by atoms with Crippen LogP contribution in [0.3, 0.4) is 0 Å². The Labute approximate surface area is 201 Å². The van der Waals surface area contributed by atoms with Crippen molar-refractivity contribution in [3.8, 4) is 0 Å². The summed E-state index contributed by atoms with van der Waals surface area (Å²) >= 11 is 1.03. The topological polar surface area (TPSA) is 58.5 Å². The van der Waals surface area contributed by atoms with Gasteiger partial charge in [0.05, 0.1) is 11.6 Å². The number of ether oxygens (including phenoxy) is 1. The zero-order valence-corrected chi connectivity index (χ0v) is 20.5. The third-order valence-electron chi connectivity index (χ3n) is 5.19. The van der Waals surface area contributed by atoms with Gasteiger partial charge in [-0.2, -0.15) is 13.2 Å². The zero-order chi connectivity index (χ0) is 21.5. The maximum atomic E-state index is 12.7. The molecule has 0 saturated carbocycles. The first kappa shape index (κ1) is 25.9. The van der Waals surface area contributed by atoms with Crippen LogP contribution < -0.4 is 10.6 Å². The van der Waals surface area contributed by atoms with E-state index in [-0.39, 0.29) is 29.4 Å². The van der Waals surface area contributed by atoms with Crippen molar-refractivity contribution in [2.75, 3.05) is 32.8 Å². The zero-order valence-electron chi connectivity index (χ0n) is 17.4. The van der Waals surface area contributed by atoms with E-state index in [0.29, 0.717) is 50.2 Å². The minimum absolute atomic E-state index is 0. The largest absolute Gasteiger partial charge is 0.434 e. The molecule has 0 unspecified atom stereocenters. The van der Waals surface area contributed by atoms with E-state index >= 15 is 0 Å². The highest BCUT2D eigenvalue weighted by molar-refractivity contribution is 14.0. The molecule has 2 heterocycles. The van der Waals surface area contributed by atoms with E-state index in [9.17, 15) is 13.2 Å². The molecular weight excluding hydrogens is 540 g/mol. The van der Waals surface area contributed by atoms with E-state index in [2.05, 4.69) is 27.8 Å². The molecule has 172 valence electrons. The second-order valence-electron chi connectivity index (χ2n) is 7.25. The summed E-state index contributed by atoms with van der Waals surface area (Å²) in [5.41, 5.74) is 0.362. The number of benzene rings is 1. The van der Waals surface area contributed by atoms with Crippen LogP contribution in [0.1, 0.15) is 36.0 Å². The number of guanidine groups is 1. The van der Waals surface area contributed by atoms with Crippen LogP contribution in [0.5, 0.6) is 0 Å². The van der Waals surface area contributed by atoms with Crippen LogP contribution in [-0.4, -0.2) is 43.8 Å². The number of hydrogen-bond acceptors (Lipinski definition) is 4. The van der Waals surface area contributed by atoms with Crippen molar-refractivity contribution in [3.05, 3.63) is 52.0 Å². The minimum atomic E-state index is -4.39. The SMILES string of the molecule is CCNC(=NCC1(c2ccccc2)CCOCC1)NCCc1nc(C(F)(F)F)cs1.I. The maximum Gasteiger partial charge on any atom is 0.434 e. The Kier molecular flexibility index (Phi) is 10.0. The van der Waals surface area contributed by atoms with E-state index in [1.165, 1.54) is 5.56 Å². The van der Waals surface area contributed by atoms with Gasteiger partial charge in [-0.3, -0.25) is 4.99 Å². The molecule has 2 N–H and O–H groups in total. The van der Waals surface area contributed by atoms with Crippen molar-refractivity contribution in [1.82, 2.24) is 15.6 Å². The van der Waals surface area contributed by atoms with Gasteiger partial charge in [0.2, 0.25) is 0 Å². The van der Waals surface area contributed by atoms with Crippen LogP contribution >= 0.6 is 35.3 Å². The molecule has 1 saturated heterocycles. The Hall–Kier alpha value is -1.40. The summed E-state index contributed by atoms with van der Waals surface area (Å²) in [6.07, 6.45) is -2.19. The summed E-state index contributed by atoms with van der Waals surface area (Å²) in [6.45, 7) is 5.17. The molecule has 1 aromatic carbocycles. The average molecular weight is 568 g/mol. The van der Waals surface area contributed by atoms with Crippen LogP contribution in [-0.2, 0) is 22.7 Å². The smallest absolute Gasteiger partial charge is 0.381 e. The van der Waals surface area contributed by atoms with Crippen molar-refractivity contribution in [2.24, 2.45) is 4.99 Å². The van der Waals surface area contributed by atoms with E-state index in [1.807, 2.05) is 25.1 Å². The fourth-order valence-corrected chi connectivity index (χ4v) is 4.31. The molecule has 1 aliphatic heterocycles. The molecule has 0 bridgehead atoms. The number of thiazole rings is 1. The van der Waals surface area contributed by atoms with Crippen molar-refractivity contribution < 1.29 is 17.9 Å². The van der Waals surface area contributed by atoms with Gasteiger partial charge in [-0.05, 0) is 25.3 Å². The molecule has 1 fully saturated rings. The lowest BCUT2D eigenvalue weighted by Gasteiger charge is -2.36. The molecule has 0 spiro atoms. The summed E-state index contributed by atoms with van der Waals surface area (Å²) in [7, 11) is 0. The van der Waals surface area contributed by atoms with E-state index in [0.717, 1.165) is 29.6 Å². The standard InChI is InChI=1S/C21H27F3N4OS.HI/c1-2-25-19(26-11-8-18-28-17(14-30-18)21(22,23)24)27-15-20(9-12-29-13-10-20)16-6-4-3-5-7-16;/h3-7,14H,2,8-13,15H2,1H3,(H2,25,26,27);1H. The van der Waals surface area contributed by atoms with E-state index in [4.69, 9.17) is 9.73 Å². The number of alkyl halides is 3. The van der Waals surface area contributed by atoms with Crippen molar-refractivity contribution in [3.63, 3.8) is 0 Å². The molecular formula is C21H28F3IN4OS. The second-order valence-corrected chi connectivity index (χ2v) is 8.20. The number of aromatic nitrogens is 1. The molecule has 31 heavy (non-hydrogen) atoms. The fourth-order valence-electron chi connectivity index (χ4n) is 3.51. The number of halogens is 4. The fraction of sp³-hybridized carbons (Fsp3) is 0.524. The van der Waals surface area contributed by atoms with E-state index in [1.54, 1.807) is 0 Å². The Morgan fingerprint density at radius 3 is 2.52 bits per heavy atom. The lowest BCUT2D eigenvalue weighted by atomic mass is 9.74. The molecule has 3 rings (SSSR count). The van der Waals surface area contributed by atoms with Crippen LogP contribution in [0.2, 0.25) is 0 Å². The summed E-state index contributed by atoms with van der Waals surface area (Å²) < 4.78 is 43.7. The molecule has 1 aliphatic rings. The van der Waals surface area contributed by atoms with Gasteiger partial charge in [0.25, 0.3) is 0 Å². The summed E-state index contributed by atoms with van der Waals surface area (Å²) in [4.78, 5) is 8.48. The van der Waals surface area contributed by atoms with Crippen molar-refractivity contribution in [2.45, 2.75) is 37.8 Å². The molecule has 0 amide bonds. The normalized spacial score (nSPS) is 16.5. The van der Waals surface area contributed by atoms with Crippen molar-refractivity contribution >= 4 is 41.3 Å². The molecule has 5 nitrogen and oxygen atoms in total. The average Bonchev–Trinajstić information content (AvgIpc) is 3.23. The first-order chi connectivity index (χ1) is 14.4. The van der Waals surface area contributed by atoms with Gasteiger partial charge in [0.15, 0.2) is 11.7 Å². The highest BCUT2D eigenvalue weighted by Gasteiger charge is 2.35. The Morgan fingerprint density at radius 2 is 1.90 bits per heavy atom. The first-order valence-corrected chi connectivity index (χ1v) is 11.0. The van der Waals surface area contributed by atoms with Crippen LogP contribution in [0.4, 0.5) is 13.2 Å². The quantitative estimate of drug-likeness (QED) is 0.291. The summed E-state index contributed by atoms with van der Waals surface area (Å²) in [5, 5.41) is 7.95. The summed E-state index contributed by atoms with van der Waals surface area (Å²) in [6, 6.07) is 10.4. The van der Waals surface area contributed by atoms with Gasteiger partial charge in [0, 0.05) is 43.5 Å². The lowest BCUT2D eigenvalue weighted by molar-refractivity contribution is -0.140. The highest BCUT2D eigenvalue weighted by atomic mass is 127. The van der Waals surface area contributed by atoms with Gasteiger partial charge in [0.1, 0.15) is 0 Å². The van der Waals surface area contributed by atoms with Crippen molar-refractivity contribution in [1.29, 1.82) is 0 Å². The molecule has 1 aromatic heterocycles. The molecule has 2 aromatic rings. The number of nitrogens with one attached hydrogen (secondary N) is 2. The molecule has 0 radical (unpaired) electrons. The first-order valence-electron chi connectivity index (χ1n) is 10.1. The second kappa shape index (κ2) is 12.0. The number of rotatable bonds is 7. The third kappa shape index (κ3) is 7.31. The van der Waals surface area contributed by atoms with Gasteiger partial charge >= 0.3 is 6.18 Å². The predicted octanol–water partition coefficient (Wildman–Crippen LogP) is 4.63.